The van der Waals surface area contributed by atoms with Crippen LogP contribution in [0.1, 0.15) is 17.9 Å². The number of hydrogen-bond donors (Lipinski definition) is 0. The molecular weight excluding hydrogens is 448 g/mol. The van der Waals surface area contributed by atoms with Gasteiger partial charge in [0.05, 0.1) is 0 Å². The minimum atomic E-state index is 0.140. The Kier molecular flexibility index (Phi) is 7.64. The summed E-state index contributed by atoms with van der Waals surface area (Å²) in [6.07, 6.45) is 5.17. The molecule has 0 bridgehead atoms. The first-order chi connectivity index (χ1) is 17.7. The Labute approximate surface area is 211 Å². The Balaban J connectivity index is 1.07. The highest BCUT2D eigenvalue weighted by Crippen LogP contribution is 2.23. The quantitative estimate of drug-likeness (QED) is 0.349. The first-order valence-corrected chi connectivity index (χ1v) is 12.4. The highest BCUT2D eigenvalue weighted by molar-refractivity contribution is 5.76. The lowest BCUT2D eigenvalue weighted by Crippen LogP contribution is -2.48. The molecule has 0 radical (unpaired) electrons. The first-order valence-electron chi connectivity index (χ1n) is 12.4. The molecule has 6 nitrogen and oxygen atoms in total. The standard InChI is InChI=1S/C30H30N4O2/c35-29(34-22-20-33(21-23-34)19-7-10-24-8-3-1-4-9-24)18-17-28-31-30(32-36-28)27-15-13-26(14-16-27)25-11-5-2-6-12-25/h1-16H,17-23H2/b10-7+. The molecule has 6 heteroatoms. The maximum absolute atomic E-state index is 12.7. The van der Waals surface area contributed by atoms with Crippen molar-refractivity contribution in [1.29, 1.82) is 0 Å². The molecule has 1 fully saturated rings. The number of nitrogens with zero attached hydrogens (tertiary/aromatic N) is 4. The van der Waals surface area contributed by atoms with Gasteiger partial charge in [0.1, 0.15) is 0 Å². The minimum Gasteiger partial charge on any atom is -0.340 e. The third-order valence-electron chi connectivity index (χ3n) is 6.47. The molecule has 36 heavy (non-hydrogen) atoms. The van der Waals surface area contributed by atoms with E-state index in [4.69, 9.17) is 4.52 Å². The summed E-state index contributed by atoms with van der Waals surface area (Å²) in [5, 5.41) is 4.12. The molecule has 0 saturated carbocycles. The molecule has 0 spiro atoms. The second kappa shape index (κ2) is 11.6. The predicted molar refractivity (Wildman–Crippen MR) is 142 cm³/mol. The molecule has 1 amide bonds. The lowest BCUT2D eigenvalue weighted by Gasteiger charge is -2.34. The van der Waals surface area contributed by atoms with Gasteiger partial charge in [-0.2, -0.15) is 4.98 Å². The Morgan fingerprint density at radius 2 is 1.44 bits per heavy atom. The third kappa shape index (κ3) is 6.15. The molecule has 2 heterocycles. The largest absolute Gasteiger partial charge is 0.340 e. The van der Waals surface area contributed by atoms with Gasteiger partial charge in [-0.3, -0.25) is 9.69 Å². The molecule has 0 atom stereocenters. The fourth-order valence-corrected chi connectivity index (χ4v) is 4.37. The fourth-order valence-electron chi connectivity index (χ4n) is 4.37. The van der Waals surface area contributed by atoms with E-state index in [0.29, 0.717) is 24.6 Å². The molecule has 4 aromatic rings. The normalized spacial score (nSPS) is 14.4. The van der Waals surface area contributed by atoms with Crippen molar-refractivity contribution in [2.45, 2.75) is 12.8 Å². The number of carbonyl (C=O) groups is 1. The number of hydrogen-bond acceptors (Lipinski definition) is 5. The molecule has 5 rings (SSSR count). The van der Waals surface area contributed by atoms with Crippen molar-refractivity contribution >= 4 is 12.0 Å². The summed E-state index contributed by atoms with van der Waals surface area (Å²) >= 11 is 0. The zero-order valence-corrected chi connectivity index (χ0v) is 20.3. The van der Waals surface area contributed by atoms with Gasteiger partial charge in [-0.1, -0.05) is 102 Å². The monoisotopic (exact) mass is 478 g/mol. The number of piperazine rings is 1. The van der Waals surface area contributed by atoms with Crippen molar-refractivity contribution in [3.05, 3.63) is 102 Å². The summed E-state index contributed by atoms with van der Waals surface area (Å²) in [6, 6.07) is 28.7. The molecule has 3 aromatic carbocycles. The van der Waals surface area contributed by atoms with Gasteiger partial charge in [-0.15, -0.1) is 0 Å². The smallest absolute Gasteiger partial charge is 0.227 e. The van der Waals surface area contributed by atoms with Crippen molar-refractivity contribution in [1.82, 2.24) is 19.9 Å². The Bertz CT molecular complexity index is 1280. The molecule has 182 valence electrons. The van der Waals surface area contributed by atoms with Gasteiger partial charge >= 0.3 is 0 Å². The van der Waals surface area contributed by atoms with Crippen LogP contribution in [0.2, 0.25) is 0 Å². The number of aryl methyl sites for hydroxylation is 1. The van der Waals surface area contributed by atoms with Crippen molar-refractivity contribution in [3.8, 4) is 22.5 Å². The third-order valence-corrected chi connectivity index (χ3v) is 6.47. The molecular formula is C30H30N4O2. The maximum Gasteiger partial charge on any atom is 0.227 e. The lowest BCUT2D eigenvalue weighted by molar-refractivity contribution is -0.132. The van der Waals surface area contributed by atoms with Gasteiger partial charge in [-0.25, -0.2) is 0 Å². The zero-order chi connectivity index (χ0) is 24.6. The Hall–Kier alpha value is -4.03. The van der Waals surface area contributed by atoms with Gasteiger partial charge in [0.15, 0.2) is 0 Å². The molecule has 1 saturated heterocycles. The van der Waals surface area contributed by atoms with Crippen molar-refractivity contribution < 1.29 is 9.32 Å². The summed E-state index contributed by atoms with van der Waals surface area (Å²) < 4.78 is 5.42. The minimum absolute atomic E-state index is 0.140. The lowest BCUT2D eigenvalue weighted by atomic mass is 10.0. The Morgan fingerprint density at radius 3 is 2.17 bits per heavy atom. The van der Waals surface area contributed by atoms with E-state index < -0.39 is 0 Å². The molecule has 0 aliphatic carbocycles. The number of benzene rings is 3. The van der Waals surface area contributed by atoms with Gasteiger partial charge in [0.2, 0.25) is 17.6 Å². The van der Waals surface area contributed by atoms with Crippen LogP contribution in [0.4, 0.5) is 0 Å². The van der Waals surface area contributed by atoms with Crippen LogP contribution in [-0.2, 0) is 11.2 Å². The van der Waals surface area contributed by atoms with Crippen LogP contribution in [-0.4, -0.2) is 58.6 Å². The second-order valence-electron chi connectivity index (χ2n) is 8.95. The van der Waals surface area contributed by atoms with Gasteiger partial charge in [-0.05, 0) is 16.7 Å². The van der Waals surface area contributed by atoms with Crippen LogP contribution in [0.5, 0.6) is 0 Å². The number of aromatic nitrogens is 2. The first kappa shape index (κ1) is 23.7. The summed E-state index contributed by atoms with van der Waals surface area (Å²) in [6.45, 7) is 4.17. The van der Waals surface area contributed by atoms with Crippen molar-refractivity contribution in [2.75, 3.05) is 32.7 Å². The molecule has 1 aliphatic rings. The number of rotatable bonds is 8. The predicted octanol–water partition coefficient (Wildman–Crippen LogP) is 5.19. The summed E-state index contributed by atoms with van der Waals surface area (Å²) in [4.78, 5) is 21.5. The average Bonchev–Trinajstić information content (AvgIpc) is 3.42. The zero-order valence-electron chi connectivity index (χ0n) is 20.3. The summed E-state index contributed by atoms with van der Waals surface area (Å²) in [5.74, 6) is 1.19. The van der Waals surface area contributed by atoms with E-state index in [0.717, 1.165) is 43.9 Å². The highest BCUT2D eigenvalue weighted by Gasteiger charge is 2.21. The SMILES string of the molecule is O=C(CCc1nc(-c2ccc(-c3ccccc3)cc2)no1)N1CCN(C/C=C/c2ccccc2)CC1. The fraction of sp³-hybridized carbons (Fsp3) is 0.233. The van der Waals surface area contributed by atoms with E-state index in [1.807, 2.05) is 53.4 Å². The Morgan fingerprint density at radius 1 is 0.806 bits per heavy atom. The topological polar surface area (TPSA) is 62.5 Å². The summed E-state index contributed by atoms with van der Waals surface area (Å²) in [5.41, 5.74) is 4.41. The highest BCUT2D eigenvalue weighted by atomic mass is 16.5. The van der Waals surface area contributed by atoms with E-state index in [1.54, 1.807) is 0 Å². The van der Waals surface area contributed by atoms with Crippen LogP contribution < -0.4 is 0 Å². The van der Waals surface area contributed by atoms with E-state index in [1.165, 1.54) is 11.1 Å². The summed E-state index contributed by atoms with van der Waals surface area (Å²) in [7, 11) is 0. The maximum atomic E-state index is 12.7. The van der Waals surface area contributed by atoms with Crippen molar-refractivity contribution in [2.24, 2.45) is 0 Å². The van der Waals surface area contributed by atoms with Gasteiger partial charge in [0, 0.05) is 51.1 Å². The van der Waals surface area contributed by atoms with E-state index in [-0.39, 0.29) is 5.91 Å². The van der Waals surface area contributed by atoms with Crippen LogP contribution in [0.15, 0.2) is 95.5 Å². The molecule has 1 aromatic heterocycles. The molecule has 0 unspecified atom stereocenters. The van der Waals surface area contributed by atoms with Crippen LogP contribution in [0.3, 0.4) is 0 Å². The van der Waals surface area contributed by atoms with Crippen LogP contribution in [0.25, 0.3) is 28.6 Å². The average molecular weight is 479 g/mol. The van der Waals surface area contributed by atoms with E-state index in [2.05, 4.69) is 63.6 Å². The van der Waals surface area contributed by atoms with Crippen LogP contribution >= 0.6 is 0 Å². The van der Waals surface area contributed by atoms with Gasteiger partial charge in [0.25, 0.3) is 0 Å². The van der Waals surface area contributed by atoms with Crippen LogP contribution in [0, 0.1) is 0 Å². The number of amides is 1. The van der Waals surface area contributed by atoms with E-state index >= 15 is 0 Å². The molecule has 1 aliphatic heterocycles. The molecule has 0 N–H and O–H groups in total. The second-order valence-corrected chi connectivity index (χ2v) is 8.95. The van der Waals surface area contributed by atoms with Gasteiger partial charge < -0.3 is 9.42 Å². The van der Waals surface area contributed by atoms with Crippen molar-refractivity contribution in [3.63, 3.8) is 0 Å². The number of carbonyl (C=O) groups excluding carboxylic acids is 1. The van der Waals surface area contributed by atoms with E-state index in [9.17, 15) is 4.79 Å².